The second kappa shape index (κ2) is 7.55. The van der Waals surface area contributed by atoms with Crippen LogP contribution >= 0.6 is 11.3 Å². The first-order valence-corrected chi connectivity index (χ1v) is 10.6. The number of aromatic nitrogens is 1. The minimum absolute atomic E-state index is 0.0387. The summed E-state index contributed by atoms with van der Waals surface area (Å²) in [5.41, 5.74) is 1.14. The Morgan fingerprint density at radius 1 is 1.16 bits per heavy atom. The maximum atomic E-state index is 13.5. The van der Waals surface area contributed by atoms with E-state index in [2.05, 4.69) is 4.98 Å². The molecule has 0 spiro atoms. The van der Waals surface area contributed by atoms with Crippen LogP contribution in [-0.4, -0.2) is 24.6 Å². The van der Waals surface area contributed by atoms with Gasteiger partial charge in [0.1, 0.15) is 5.58 Å². The molecule has 0 aliphatic carbocycles. The highest BCUT2D eigenvalue weighted by atomic mass is 32.1. The van der Waals surface area contributed by atoms with Gasteiger partial charge < -0.3 is 13.9 Å². The van der Waals surface area contributed by atoms with E-state index in [9.17, 15) is 9.59 Å². The van der Waals surface area contributed by atoms with E-state index in [0.29, 0.717) is 45.3 Å². The molecule has 31 heavy (non-hydrogen) atoms. The van der Waals surface area contributed by atoms with Crippen molar-refractivity contribution < 1.29 is 18.7 Å². The molecule has 0 radical (unpaired) electrons. The molecular weight excluding hydrogens is 416 g/mol. The zero-order chi connectivity index (χ0) is 21.5. The highest BCUT2D eigenvalue weighted by molar-refractivity contribution is 7.13. The van der Waals surface area contributed by atoms with Gasteiger partial charge in [-0.3, -0.25) is 14.5 Å². The van der Waals surface area contributed by atoms with Crippen LogP contribution in [0.2, 0.25) is 0 Å². The third-order valence-corrected chi connectivity index (χ3v) is 5.98. The highest BCUT2D eigenvalue weighted by Crippen LogP contribution is 2.43. The molecule has 0 bridgehead atoms. The van der Waals surface area contributed by atoms with Crippen LogP contribution in [0.25, 0.3) is 11.0 Å². The Kier molecular flexibility index (Phi) is 4.71. The number of para-hydroxylation sites is 1. The SMILES string of the molecule is CCOc1ccc([C@@H]2c3c(oc4ccccc4c3=O)C(=O)N2c2nccs2)cc1OC. The summed E-state index contributed by atoms with van der Waals surface area (Å²) in [5.74, 6) is 0.747. The molecule has 3 heterocycles. The van der Waals surface area contributed by atoms with E-state index >= 15 is 0 Å². The van der Waals surface area contributed by atoms with Gasteiger partial charge in [0.15, 0.2) is 22.1 Å². The van der Waals surface area contributed by atoms with Crippen molar-refractivity contribution in [1.29, 1.82) is 0 Å². The molecule has 1 atom stereocenters. The molecule has 0 unspecified atom stereocenters. The Hall–Kier alpha value is -3.65. The number of anilines is 1. The fourth-order valence-corrected chi connectivity index (χ4v) is 4.56. The molecular formula is C23H18N2O5S. The monoisotopic (exact) mass is 434 g/mol. The summed E-state index contributed by atoms with van der Waals surface area (Å²) < 4.78 is 17.0. The largest absolute Gasteiger partial charge is 0.493 e. The predicted molar refractivity (Wildman–Crippen MR) is 117 cm³/mol. The molecule has 7 nitrogen and oxygen atoms in total. The van der Waals surface area contributed by atoms with E-state index in [-0.39, 0.29) is 11.2 Å². The lowest BCUT2D eigenvalue weighted by molar-refractivity contribution is 0.0971. The van der Waals surface area contributed by atoms with Crippen molar-refractivity contribution >= 4 is 33.3 Å². The van der Waals surface area contributed by atoms with Crippen LogP contribution in [0.1, 0.15) is 34.6 Å². The zero-order valence-electron chi connectivity index (χ0n) is 16.8. The average molecular weight is 434 g/mol. The van der Waals surface area contributed by atoms with E-state index < -0.39 is 11.9 Å². The first kappa shape index (κ1) is 19.3. The molecule has 4 aromatic rings. The Labute approximate surface area is 181 Å². The molecule has 2 aromatic carbocycles. The van der Waals surface area contributed by atoms with Crippen LogP contribution < -0.4 is 19.8 Å². The average Bonchev–Trinajstić information content (AvgIpc) is 3.41. The normalized spacial score (nSPS) is 15.4. The first-order valence-electron chi connectivity index (χ1n) is 9.73. The molecule has 0 saturated carbocycles. The van der Waals surface area contributed by atoms with E-state index in [4.69, 9.17) is 13.9 Å². The summed E-state index contributed by atoms with van der Waals surface area (Å²) in [6.07, 6.45) is 1.62. The zero-order valence-corrected chi connectivity index (χ0v) is 17.6. The van der Waals surface area contributed by atoms with Gasteiger partial charge in [-0.1, -0.05) is 18.2 Å². The summed E-state index contributed by atoms with van der Waals surface area (Å²) in [7, 11) is 1.55. The number of amides is 1. The lowest BCUT2D eigenvalue weighted by Gasteiger charge is -2.23. The number of hydrogen-bond acceptors (Lipinski definition) is 7. The second-order valence-corrected chi connectivity index (χ2v) is 7.78. The van der Waals surface area contributed by atoms with Gasteiger partial charge in [-0.05, 0) is 36.8 Å². The molecule has 8 heteroatoms. The van der Waals surface area contributed by atoms with Gasteiger partial charge >= 0.3 is 0 Å². The van der Waals surface area contributed by atoms with Crippen LogP contribution in [0.4, 0.5) is 5.13 Å². The summed E-state index contributed by atoms with van der Waals surface area (Å²) in [6.45, 7) is 2.38. The Morgan fingerprint density at radius 2 is 2.00 bits per heavy atom. The van der Waals surface area contributed by atoms with Gasteiger partial charge in [0.05, 0.1) is 30.7 Å². The van der Waals surface area contributed by atoms with Crippen molar-refractivity contribution in [2.45, 2.75) is 13.0 Å². The van der Waals surface area contributed by atoms with Crippen LogP contribution in [0.3, 0.4) is 0 Å². The van der Waals surface area contributed by atoms with Crippen molar-refractivity contribution in [2.24, 2.45) is 0 Å². The Balaban J connectivity index is 1.77. The number of carbonyl (C=O) groups is 1. The van der Waals surface area contributed by atoms with Crippen molar-refractivity contribution in [1.82, 2.24) is 4.98 Å². The lowest BCUT2D eigenvalue weighted by atomic mass is 9.98. The maximum absolute atomic E-state index is 13.5. The van der Waals surface area contributed by atoms with Gasteiger partial charge in [-0.15, -0.1) is 11.3 Å². The van der Waals surface area contributed by atoms with Gasteiger partial charge in [-0.2, -0.15) is 0 Å². The van der Waals surface area contributed by atoms with Crippen molar-refractivity contribution in [3.8, 4) is 11.5 Å². The summed E-state index contributed by atoms with van der Waals surface area (Å²) in [5, 5.41) is 2.70. The van der Waals surface area contributed by atoms with Gasteiger partial charge in [0.25, 0.3) is 5.91 Å². The number of benzene rings is 2. The molecule has 0 N–H and O–H groups in total. The van der Waals surface area contributed by atoms with E-state index in [1.165, 1.54) is 16.2 Å². The molecule has 5 rings (SSSR count). The van der Waals surface area contributed by atoms with Gasteiger partial charge in [0, 0.05) is 11.6 Å². The number of fused-ring (bicyclic) bond motifs is 2. The number of ether oxygens (including phenoxy) is 2. The molecule has 0 saturated heterocycles. The fourth-order valence-electron chi connectivity index (χ4n) is 3.90. The quantitative estimate of drug-likeness (QED) is 0.463. The standard InChI is InChI=1S/C23H18N2O5S/c1-3-29-16-9-8-13(12-17(16)28-2)19-18-20(26)14-6-4-5-7-15(14)30-21(18)22(27)25(19)23-24-10-11-31-23/h4-12,19H,3H2,1-2H3/t19-/m1/s1. The number of rotatable bonds is 5. The summed E-state index contributed by atoms with van der Waals surface area (Å²) in [4.78, 5) is 32.7. The summed E-state index contributed by atoms with van der Waals surface area (Å²) >= 11 is 1.32. The first-order chi connectivity index (χ1) is 15.1. The molecule has 1 aliphatic rings. The number of carbonyl (C=O) groups excluding carboxylic acids is 1. The minimum atomic E-state index is -0.695. The maximum Gasteiger partial charge on any atom is 0.297 e. The van der Waals surface area contributed by atoms with Crippen LogP contribution in [0, 0.1) is 0 Å². The third-order valence-electron chi connectivity index (χ3n) is 5.21. The highest BCUT2D eigenvalue weighted by Gasteiger charge is 2.44. The van der Waals surface area contributed by atoms with E-state index in [1.54, 1.807) is 55.1 Å². The summed E-state index contributed by atoms with van der Waals surface area (Å²) in [6, 6.07) is 11.6. The fraction of sp³-hybridized carbons (Fsp3) is 0.174. The second-order valence-electron chi connectivity index (χ2n) is 6.91. The number of methoxy groups -OCH3 is 1. The van der Waals surface area contributed by atoms with E-state index in [1.807, 2.05) is 13.0 Å². The topological polar surface area (TPSA) is 81.9 Å². The van der Waals surface area contributed by atoms with Gasteiger partial charge in [0.2, 0.25) is 5.76 Å². The molecule has 0 fully saturated rings. The van der Waals surface area contributed by atoms with Crippen LogP contribution in [-0.2, 0) is 0 Å². The Bertz CT molecular complexity index is 1350. The predicted octanol–water partition coefficient (Wildman–Crippen LogP) is 4.41. The molecule has 1 aliphatic heterocycles. The van der Waals surface area contributed by atoms with Crippen molar-refractivity contribution in [3.05, 3.63) is 81.2 Å². The molecule has 156 valence electrons. The van der Waals surface area contributed by atoms with Crippen LogP contribution in [0.5, 0.6) is 11.5 Å². The third kappa shape index (κ3) is 2.98. The molecule has 2 aromatic heterocycles. The van der Waals surface area contributed by atoms with Crippen LogP contribution in [0.15, 0.2) is 63.3 Å². The smallest absolute Gasteiger partial charge is 0.297 e. The molecule has 1 amide bonds. The van der Waals surface area contributed by atoms with Crippen molar-refractivity contribution in [2.75, 3.05) is 18.6 Å². The number of hydrogen-bond donors (Lipinski definition) is 0. The number of thiazole rings is 1. The number of nitrogens with zero attached hydrogens (tertiary/aromatic N) is 2. The lowest BCUT2D eigenvalue weighted by Crippen LogP contribution is -2.29. The van der Waals surface area contributed by atoms with E-state index in [0.717, 1.165) is 0 Å². The Morgan fingerprint density at radius 3 is 2.74 bits per heavy atom. The van der Waals surface area contributed by atoms with Gasteiger partial charge in [-0.25, -0.2) is 4.98 Å². The minimum Gasteiger partial charge on any atom is -0.493 e. The van der Waals surface area contributed by atoms with Crippen molar-refractivity contribution in [3.63, 3.8) is 0 Å².